The van der Waals surface area contributed by atoms with Gasteiger partial charge in [0.2, 0.25) is 11.7 Å². The number of benzene rings is 1. The summed E-state index contributed by atoms with van der Waals surface area (Å²) in [6.07, 6.45) is 3.96. The highest BCUT2D eigenvalue weighted by Gasteiger charge is 2.31. The van der Waals surface area contributed by atoms with Crippen molar-refractivity contribution >= 4 is 46.1 Å². The number of nitrogens with one attached hydrogen (secondary N) is 1. The molecule has 1 saturated heterocycles. The van der Waals surface area contributed by atoms with Crippen LogP contribution in [0.2, 0.25) is 0 Å². The van der Waals surface area contributed by atoms with Gasteiger partial charge in [0.05, 0.1) is 24.6 Å². The van der Waals surface area contributed by atoms with Gasteiger partial charge in [0.1, 0.15) is 24.3 Å². The molecule has 0 saturated carbocycles. The molecule has 0 bridgehead atoms. The van der Waals surface area contributed by atoms with Crippen LogP contribution in [0.25, 0.3) is 11.4 Å². The number of hydrogen-bond acceptors (Lipinski definition) is 11. The molecule has 0 unspecified atom stereocenters. The summed E-state index contributed by atoms with van der Waals surface area (Å²) >= 11 is 4.84. The van der Waals surface area contributed by atoms with Gasteiger partial charge in [0.25, 0.3) is 11.5 Å². The second-order valence-corrected chi connectivity index (χ2v) is 11.7. The number of nitrogens with zero attached hydrogens (tertiary/aromatic N) is 8. The van der Waals surface area contributed by atoms with Gasteiger partial charge >= 0.3 is 5.57 Å². The molecule has 0 spiro atoms. The van der Waals surface area contributed by atoms with Gasteiger partial charge < -0.3 is 34.3 Å². The number of halogens is 3. The Labute approximate surface area is 282 Å². The van der Waals surface area contributed by atoms with Gasteiger partial charge in [0.15, 0.2) is 17.3 Å². The number of ether oxygens (including phenoxy) is 2. The first kappa shape index (κ1) is 33.7. The lowest BCUT2D eigenvalue weighted by atomic mass is 10.1. The van der Waals surface area contributed by atoms with Gasteiger partial charge in [-0.05, 0) is 49.6 Å². The Bertz CT molecular complexity index is 1990. The maximum atomic E-state index is 14.1. The molecule has 258 valence electrons. The molecule has 5 heterocycles. The first-order valence-corrected chi connectivity index (χ1v) is 15.8. The minimum atomic E-state index is -3.88. The van der Waals surface area contributed by atoms with Crippen LogP contribution in [0, 0.1) is 6.92 Å². The summed E-state index contributed by atoms with van der Waals surface area (Å²) in [4.78, 5) is 56.7. The van der Waals surface area contributed by atoms with Gasteiger partial charge in [0, 0.05) is 43.5 Å². The largest absolute Gasteiger partial charge is 0.504 e. The fourth-order valence-corrected chi connectivity index (χ4v) is 5.87. The second-order valence-electron chi connectivity index (χ2n) is 11.3. The number of carbonyl (C=O) groups is 2. The third-order valence-corrected chi connectivity index (χ3v) is 8.25. The lowest BCUT2D eigenvalue weighted by molar-refractivity contribution is -0.116. The van der Waals surface area contributed by atoms with Crippen molar-refractivity contribution in [1.29, 1.82) is 0 Å². The monoisotopic (exact) mass is 699 g/mol. The topological polar surface area (TPSA) is 169 Å². The summed E-state index contributed by atoms with van der Waals surface area (Å²) < 4.78 is 38.6. The smallest absolute Gasteiger partial charge is 0.487 e. The fourth-order valence-electron chi connectivity index (χ4n) is 5.79. The Morgan fingerprint density at radius 1 is 1.14 bits per heavy atom. The lowest BCUT2D eigenvalue weighted by Crippen LogP contribution is -2.51. The SMILES string of the molecule is CCc1c(N2CCN(C(=O)c3ncnc(C)c3O)CC2)c(=O)n2nc(C3=CCOCC3)nc2n1CC(=O)Nc1ccc(OC(F)(F)Cl)cc1. The number of aromatic nitrogens is 6. The van der Waals surface area contributed by atoms with Crippen molar-refractivity contribution in [3.8, 4) is 11.5 Å². The molecule has 1 fully saturated rings. The molecule has 2 aliphatic heterocycles. The average molecular weight is 700 g/mol. The number of anilines is 2. The van der Waals surface area contributed by atoms with Crippen molar-refractivity contribution in [3.05, 3.63) is 69.9 Å². The highest BCUT2D eigenvalue weighted by molar-refractivity contribution is 6.20. The molecular weight excluding hydrogens is 668 g/mol. The summed E-state index contributed by atoms with van der Waals surface area (Å²) in [7, 11) is 0. The summed E-state index contributed by atoms with van der Waals surface area (Å²) in [5.74, 6) is -0.896. The lowest BCUT2D eigenvalue weighted by Gasteiger charge is -2.36. The van der Waals surface area contributed by atoms with Crippen LogP contribution in [0.15, 0.2) is 41.5 Å². The third kappa shape index (κ3) is 7.17. The van der Waals surface area contributed by atoms with E-state index in [1.165, 1.54) is 35.1 Å². The van der Waals surface area contributed by atoms with E-state index in [4.69, 9.17) is 16.3 Å². The zero-order chi connectivity index (χ0) is 34.9. The van der Waals surface area contributed by atoms with Crippen molar-refractivity contribution < 1.29 is 33.0 Å². The zero-order valence-electron chi connectivity index (χ0n) is 26.5. The maximum absolute atomic E-state index is 14.1. The quantitative estimate of drug-likeness (QED) is 0.247. The Morgan fingerprint density at radius 2 is 1.88 bits per heavy atom. The minimum absolute atomic E-state index is 0.0956. The number of fused-ring (bicyclic) bond motifs is 1. The van der Waals surface area contributed by atoms with Crippen LogP contribution >= 0.6 is 11.6 Å². The highest BCUT2D eigenvalue weighted by Crippen LogP contribution is 2.27. The summed E-state index contributed by atoms with van der Waals surface area (Å²) in [6.45, 7) is 5.03. The van der Waals surface area contributed by atoms with Crippen molar-refractivity contribution in [3.63, 3.8) is 0 Å². The first-order chi connectivity index (χ1) is 23.4. The van der Waals surface area contributed by atoms with E-state index in [0.29, 0.717) is 48.9 Å². The number of alkyl halides is 3. The predicted molar refractivity (Wildman–Crippen MR) is 173 cm³/mol. The van der Waals surface area contributed by atoms with E-state index < -0.39 is 22.9 Å². The Balaban J connectivity index is 1.32. The van der Waals surface area contributed by atoms with Crippen LogP contribution in [0.4, 0.5) is 20.2 Å². The summed E-state index contributed by atoms with van der Waals surface area (Å²) in [5, 5.41) is 17.6. The molecule has 15 nitrogen and oxygen atoms in total. The normalized spacial score (nSPS) is 15.3. The average Bonchev–Trinajstić information content (AvgIpc) is 3.54. The van der Waals surface area contributed by atoms with Gasteiger partial charge in [-0.2, -0.15) is 9.50 Å². The van der Waals surface area contributed by atoms with E-state index in [-0.39, 0.29) is 61.4 Å². The molecule has 0 aliphatic carbocycles. The number of aryl methyl sites for hydroxylation is 1. The van der Waals surface area contributed by atoms with Crippen LogP contribution in [0.5, 0.6) is 11.5 Å². The van der Waals surface area contributed by atoms with Gasteiger partial charge in [-0.1, -0.05) is 13.0 Å². The molecular formula is C31H32ClF2N9O6. The van der Waals surface area contributed by atoms with E-state index in [9.17, 15) is 28.3 Å². The van der Waals surface area contributed by atoms with E-state index in [2.05, 4.69) is 30.1 Å². The summed E-state index contributed by atoms with van der Waals surface area (Å²) in [6, 6.07) is 5.25. The molecule has 3 aromatic heterocycles. The second kappa shape index (κ2) is 13.8. The maximum Gasteiger partial charge on any atom is 0.487 e. The molecule has 2 N–H and O–H groups in total. The number of piperazine rings is 1. The van der Waals surface area contributed by atoms with Crippen LogP contribution in [-0.4, -0.2) is 95.9 Å². The Morgan fingerprint density at radius 3 is 2.53 bits per heavy atom. The van der Waals surface area contributed by atoms with E-state index >= 15 is 0 Å². The van der Waals surface area contributed by atoms with Crippen LogP contribution in [-0.2, 0) is 22.5 Å². The third-order valence-electron chi connectivity index (χ3n) is 8.18. The highest BCUT2D eigenvalue weighted by atomic mass is 35.5. The van der Waals surface area contributed by atoms with Crippen molar-refractivity contribution in [1.82, 2.24) is 34.0 Å². The van der Waals surface area contributed by atoms with Crippen molar-refractivity contribution in [2.24, 2.45) is 0 Å². The van der Waals surface area contributed by atoms with Crippen LogP contribution in [0.1, 0.15) is 41.0 Å². The molecule has 2 aliphatic rings. The number of amides is 2. The first-order valence-electron chi connectivity index (χ1n) is 15.4. The van der Waals surface area contributed by atoms with E-state index in [0.717, 1.165) is 5.57 Å². The molecule has 6 rings (SSSR count). The molecule has 0 atom stereocenters. The van der Waals surface area contributed by atoms with Crippen LogP contribution < -0.4 is 20.5 Å². The number of hydrogen-bond donors (Lipinski definition) is 2. The van der Waals surface area contributed by atoms with Crippen molar-refractivity contribution in [2.45, 2.75) is 38.8 Å². The van der Waals surface area contributed by atoms with Gasteiger partial charge in [-0.25, -0.2) is 9.97 Å². The number of aromatic hydroxyl groups is 1. The predicted octanol–water partition coefficient (Wildman–Crippen LogP) is 2.83. The van der Waals surface area contributed by atoms with Gasteiger partial charge in [-0.15, -0.1) is 13.9 Å². The fraction of sp³-hybridized carbons (Fsp3) is 0.387. The van der Waals surface area contributed by atoms with E-state index in [1.807, 2.05) is 17.9 Å². The molecule has 2 amide bonds. The zero-order valence-corrected chi connectivity index (χ0v) is 27.3. The Hall–Kier alpha value is -5.16. The van der Waals surface area contributed by atoms with Crippen LogP contribution in [0.3, 0.4) is 0 Å². The molecule has 49 heavy (non-hydrogen) atoms. The standard InChI is InChI=1S/C31H32ClF2N9O6/c1-3-22-25(40-10-12-41(13-11-40)28(46)24-26(45)18(2)35-17-36-24)29(47)43-30(38-27(39-43)19-8-14-48-15-9-19)42(22)16-23(44)37-20-4-6-21(7-5-20)49-31(32,33)34/h4-8,17,45H,3,9-16H2,1-2H3,(H,37,44). The van der Waals surface area contributed by atoms with Crippen molar-refractivity contribution in [2.75, 3.05) is 49.6 Å². The molecule has 1 aromatic carbocycles. The molecule has 18 heteroatoms. The minimum Gasteiger partial charge on any atom is -0.504 e. The van der Waals surface area contributed by atoms with E-state index in [1.54, 1.807) is 16.4 Å². The molecule has 0 radical (unpaired) electrons. The number of rotatable bonds is 9. The number of carbonyl (C=O) groups excluding carboxylic acids is 2. The molecule has 4 aromatic rings. The van der Waals surface area contributed by atoms with Gasteiger partial charge in [-0.3, -0.25) is 14.4 Å². The Kier molecular flexibility index (Phi) is 9.47. The summed E-state index contributed by atoms with van der Waals surface area (Å²) in [5.41, 5.74) is -2.15.